The number of carbonyl (C=O) groups is 2. The third kappa shape index (κ3) is 7.42. The molecule has 1 saturated heterocycles. The molecule has 1 heterocycles. The Morgan fingerprint density at radius 1 is 0.854 bits per heavy atom. The molecule has 200 valence electrons. The van der Waals surface area contributed by atoms with E-state index in [0.29, 0.717) is 12.0 Å². The predicted octanol–water partition coefficient (Wildman–Crippen LogP) is -7.51. The van der Waals surface area contributed by atoms with E-state index in [1.807, 2.05) is 0 Å². The Morgan fingerprint density at radius 2 is 1.39 bits per heavy atom. The van der Waals surface area contributed by atoms with Crippen LogP contribution in [0.25, 0.3) is 32.3 Å². The minimum absolute atomic E-state index is 0. The van der Waals surface area contributed by atoms with Crippen molar-refractivity contribution in [3.63, 3.8) is 0 Å². The van der Waals surface area contributed by atoms with Crippen LogP contribution in [0, 0.1) is 5.92 Å². The second-order valence-electron chi connectivity index (χ2n) is 8.28. The molecule has 0 radical (unpaired) electrons. The molecular weight excluding hydrogens is 637 g/mol. The molecule has 0 amide bonds. The number of rotatable bonds is 9. The van der Waals surface area contributed by atoms with Crippen molar-refractivity contribution in [3.8, 4) is 5.75 Å². The molecule has 0 spiro atoms. The quantitative estimate of drug-likeness (QED) is 0.0241. The molecule has 1 unspecified atom stereocenters. The maximum absolute atomic E-state index is 12.2. The molecule has 4 aromatic carbocycles. The molecule has 0 bridgehead atoms. The minimum atomic E-state index is -5.09. The summed E-state index contributed by atoms with van der Waals surface area (Å²) in [5.74, 6) is -2.22. The van der Waals surface area contributed by atoms with Gasteiger partial charge in [0.2, 0.25) is 0 Å². The fourth-order valence-corrected chi connectivity index (χ4v) is 6.57. The van der Waals surface area contributed by atoms with Crippen molar-refractivity contribution in [2.24, 2.45) is 5.92 Å². The Bertz CT molecular complexity index is 1850. The smallest absolute Gasteiger partial charge is 0.744 e. The summed E-state index contributed by atoms with van der Waals surface area (Å²) in [6.07, 6.45) is -0.0825. The predicted molar refractivity (Wildman–Crippen MR) is 123 cm³/mol. The van der Waals surface area contributed by atoms with Gasteiger partial charge in [-0.05, 0) is 35.4 Å². The molecule has 0 aliphatic carbocycles. The van der Waals surface area contributed by atoms with Crippen molar-refractivity contribution < 1.29 is 148 Å². The third-order valence-electron chi connectivity index (χ3n) is 6.12. The van der Waals surface area contributed by atoms with Gasteiger partial charge in [0, 0.05) is 26.4 Å². The second-order valence-corrected chi connectivity index (χ2v) is 11.7. The zero-order valence-corrected chi connectivity index (χ0v) is 30.1. The van der Waals surface area contributed by atoms with E-state index in [1.165, 1.54) is 24.3 Å². The summed E-state index contributed by atoms with van der Waals surface area (Å²) in [6.45, 7) is -0.161. The van der Waals surface area contributed by atoms with Crippen molar-refractivity contribution in [2.45, 2.75) is 27.5 Å². The normalized spacial score (nSPS) is 15.4. The molecule has 4 aromatic rings. The summed E-state index contributed by atoms with van der Waals surface area (Å²) < 4.78 is 87.4. The van der Waals surface area contributed by atoms with Crippen LogP contribution in [0.4, 0.5) is 0 Å². The van der Waals surface area contributed by atoms with Gasteiger partial charge in [0.1, 0.15) is 26.0 Å². The molecule has 0 N–H and O–H groups in total. The maximum atomic E-state index is 12.2. The van der Waals surface area contributed by atoms with Gasteiger partial charge in [-0.3, -0.25) is 14.6 Å². The van der Waals surface area contributed by atoms with Crippen LogP contribution in [-0.2, 0) is 43.9 Å². The average molecular weight is 651 g/mol. The molecule has 0 aromatic heterocycles. The van der Waals surface area contributed by atoms with Crippen molar-refractivity contribution in [3.05, 3.63) is 36.4 Å². The first-order valence-corrected chi connectivity index (χ1v) is 14.2. The summed E-state index contributed by atoms with van der Waals surface area (Å²) >= 11 is 0.325. The number of esters is 2. The standard InChI is InChI=1S/C22H16O13S3.3Na/c23-19-7-10(22(24)33-19)5-6-32-15-8-17(37(26,27)28)13-3-4-14-18(38(29,30)31)9-16(36-35-34-25)12-2-1-11(15)20(13)21(12)14;;;/h1-4,8-10,25H,5-7H2,(H,26,27,28)(H,29,30,31);;;/q;3*+1/p-3. The minimum Gasteiger partial charge on any atom is -0.744 e. The van der Waals surface area contributed by atoms with Crippen molar-refractivity contribution in [2.75, 3.05) is 6.61 Å². The van der Waals surface area contributed by atoms with Gasteiger partial charge in [0.25, 0.3) is 0 Å². The van der Waals surface area contributed by atoms with Crippen LogP contribution in [0.15, 0.2) is 51.1 Å². The van der Waals surface area contributed by atoms with E-state index in [0.717, 1.165) is 12.1 Å². The Morgan fingerprint density at radius 3 is 1.93 bits per heavy atom. The van der Waals surface area contributed by atoms with Gasteiger partial charge in [-0.15, -0.1) is 0 Å². The molecular formula is C22H13Na3O13S3. The van der Waals surface area contributed by atoms with Crippen LogP contribution in [0.1, 0.15) is 12.8 Å². The van der Waals surface area contributed by atoms with E-state index in [-0.39, 0.29) is 151 Å². The second kappa shape index (κ2) is 14.3. The fourth-order valence-electron chi connectivity index (χ4n) is 4.57. The van der Waals surface area contributed by atoms with Crippen molar-refractivity contribution in [1.82, 2.24) is 0 Å². The van der Waals surface area contributed by atoms with Gasteiger partial charge >= 0.3 is 101 Å². The SMILES string of the molecule is O=C1CC(CCOc2cc(S(=O)(=O)[O-])c3ccc4c(S(=O)(=O)[O-])cc(SOO[O-])c5ccc2c3c54)C(=O)O1.[Na+].[Na+].[Na+]. The molecule has 5 rings (SSSR count). The number of carbonyl (C=O) groups excluding carboxylic acids is 2. The zero-order chi connectivity index (χ0) is 27.4. The van der Waals surface area contributed by atoms with Gasteiger partial charge in [-0.2, -0.15) is 4.33 Å². The third-order valence-corrected chi connectivity index (χ3v) is 8.52. The molecule has 1 aliphatic rings. The van der Waals surface area contributed by atoms with Crippen LogP contribution in [0.5, 0.6) is 5.75 Å². The van der Waals surface area contributed by atoms with Crippen LogP contribution in [0.2, 0.25) is 0 Å². The van der Waals surface area contributed by atoms with Gasteiger partial charge in [0.15, 0.2) is 0 Å². The van der Waals surface area contributed by atoms with Crippen LogP contribution >= 0.6 is 12.0 Å². The van der Waals surface area contributed by atoms with Crippen LogP contribution in [0.3, 0.4) is 0 Å². The number of ether oxygens (including phenoxy) is 2. The largest absolute Gasteiger partial charge is 1.00 e. The number of hydrogen-bond donors (Lipinski definition) is 0. The summed E-state index contributed by atoms with van der Waals surface area (Å²) in [6, 6.07) is 7.40. The van der Waals surface area contributed by atoms with Crippen LogP contribution in [-0.4, -0.2) is 44.5 Å². The van der Waals surface area contributed by atoms with E-state index in [4.69, 9.17) is 4.74 Å². The van der Waals surface area contributed by atoms with E-state index in [1.54, 1.807) is 0 Å². The fraction of sp³-hybridized carbons (Fsp3) is 0.182. The van der Waals surface area contributed by atoms with Crippen LogP contribution < -0.4 is 98.7 Å². The molecule has 13 nitrogen and oxygen atoms in total. The van der Waals surface area contributed by atoms with E-state index in [2.05, 4.69) is 14.1 Å². The first-order valence-electron chi connectivity index (χ1n) is 10.6. The Hall–Kier alpha value is -0.0900. The van der Waals surface area contributed by atoms with E-state index >= 15 is 0 Å². The van der Waals surface area contributed by atoms with Gasteiger partial charge in [0.05, 0.1) is 40.8 Å². The molecule has 1 aliphatic heterocycles. The van der Waals surface area contributed by atoms with Crippen molar-refractivity contribution >= 4 is 76.5 Å². The van der Waals surface area contributed by atoms with E-state index < -0.39 is 47.9 Å². The molecule has 41 heavy (non-hydrogen) atoms. The summed E-state index contributed by atoms with van der Waals surface area (Å²) in [5, 5.41) is 14.3. The molecule has 19 heteroatoms. The Labute approximate surface area is 303 Å². The molecule has 1 fully saturated rings. The first-order chi connectivity index (χ1) is 17.9. The molecule has 1 atom stereocenters. The van der Waals surface area contributed by atoms with Gasteiger partial charge in [-0.25, -0.2) is 16.8 Å². The average Bonchev–Trinajstić information content (AvgIpc) is 3.16. The monoisotopic (exact) mass is 650 g/mol. The summed E-state index contributed by atoms with van der Waals surface area (Å²) in [7, 11) is -10.2. The zero-order valence-electron chi connectivity index (χ0n) is 21.7. The summed E-state index contributed by atoms with van der Waals surface area (Å²) in [4.78, 5) is 21.7. The molecule has 0 saturated carbocycles. The summed E-state index contributed by atoms with van der Waals surface area (Å²) in [5.41, 5.74) is 0. The van der Waals surface area contributed by atoms with Gasteiger partial charge < -0.3 is 23.8 Å². The Kier molecular flexibility index (Phi) is 13.0. The number of benzene rings is 4. The number of cyclic esters (lactones) is 2. The van der Waals surface area contributed by atoms with Crippen molar-refractivity contribution in [1.29, 1.82) is 0 Å². The number of hydrogen-bond acceptors (Lipinski definition) is 14. The first kappa shape index (κ1) is 37.1. The van der Waals surface area contributed by atoms with Gasteiger partial charge in [-0.1, -0.05) is 18.2 Å². The Balaban J connectivity index is 0.00000196. The maximum Gasteiger partial charge on any atom is 1.00 e. The topological polar surface area (TPSA) is 209 Å². The van der Waals surface area contributed by atoms with E-state index in [9.17, 15) is 40.8 Å².